The monoisotopic (exact) mass is 339 g/mol. The average molecular weight is 339 g/mol. The van der Waals surface area contributed by atoms with Crippen LogP contribution in [-0.4, -0.2) is 73.8 Å². The van der Waals surface area contributed by atoms with Gasteiger partial charge < -0.3 is 9.64 Å². The van der Waals surface area contributed by atoms with E-state index < -0.39 is 10.2 Å². The van der Waals surface area contributed by atoms with Gasteiger partial charge in [0.25, 0.3) is 10.2 Å². The van der Waals surface area contributed by atoms with Crippen molar-refractivity contribution in [1.29, 1.82) is 0 Å². The first kappa shape index (κ1) is 16.4. The van der Waals surface area contributed by atoms with E-state index in [0.717, 1.165) is 5.56 Å². The summed E-state index contributed by atoms with van der Waals surface area (Å²) in [6.07, 6.45) is -0.272. The van der Waals surface area contributed by atoms with Crippen LogP contribution >= 0.6 is 0 Å². The van der Waals surface area contributed by atoms with Crippen molar-refractivity contribution in [3.8, 4) is 0 Å². The standard InChI is InChI=1S/C15H21N3O4S/c1-16(2)23(20,21)17-9-13-14(10-17)22-11-15(19)18(13)8-12-6-4-3-5-7-12/h3-7,13-14H,8-11H2,1-2H3/t13-,14-/m1/s1. The Morgan fingerprint density at radius 2 is 1.91 bits per heavy atom. The second kappa shape index (κ2) is 6.20. The maximum atomic E-state index is 12.3. The number of carbonyl (C=O) groups excluding carboxylic acids is 1. The largest absolute Gasteiger partial charge is 0.365 e. The van der Waals surface area contributed by atoms with E-state index in [1.165, 1.54) is 22.7 Å². The molecule has 0 radical (unpaired) electrons. The van der Waals surface area contributed by atoms with Crippen LogP contribution in [0.3, 0.4) is 0 Å². The van der Waals surface area contributed by atoms with Crippen LogP contribution in [0.25, 0.3) is 0 Å². The van der Waals surface area contributed by atoms with Gasteiger partial charge >= 0.3 is 0 Å². The second-order valence-corrected chi connectivity index (χ2v) is 8.17. The highest BCUT2D eigenvalue weighted by Gasteiger charge is 2.46. The first-order valence-electron chi connectivity index (χ1n) is 7.52. The molecule has 0 spiro atoms. The van der Waals surface area contributed by atoms with E-state index in [1.54, 1.807) is 4.90 Å². The fraction of sp³-hybridized carbons (Fsp3) is 0.533. The van der Waals surface area contributed by atoms with E-state index in [0.29, 0.717) is 6.54 Å². The predicted molar refractivity (Wildman–Crippen MR) is 84.7 cm³/mol. The van der Waals surface area contributed by atoms with Gasteiger partial charge in [0, 0.05) is 33.7 Å². The number of morpholine rings is 1. The first-order valence-corrected chi connectivity index (χ1v) is 8.92. The molecule has 3 rings (SSSR count). The van der Waals surface area contributed by atoms with E-state index >= 15 is 0 Å². The molecular weight excluding hydrogens is 318 g/mol. The molecule has 2 aliphatic heterocycles. The van der Waals surface area contributed by atoms with Crippen molar-refractivity contribution in [1.82, 2.24) is 13.5 Å². The lowest BCUT2D eigenvalue weighted by Gasteiger charge is -2.36. The van der Waals surface area contributed by atoms with Crippen molar-refractivity contribution in [2.45, 2.75) is 18.7 Å². The third-order valence-electron chi connectivity index (χ3n) is 4.33. The molecule has 8 heteroatoms. The Balaban J connectivity index is 1.80. The van der Waals surface area contributed by atoms with Crippen LogP contribution in [0.15, 0.2) is 30.3 Å². The molecular formula is C15H21N3O4S. The molecule has 1 aromatic carbocycles. The van der Waals surface area contributed by atoms with Gasteiger partial charge in [-0.1, -0.05) is 30.3 Å². The van der Waals surface area contributed by atoms with Crippen molar-refractivity contribution >= 4 is 16.1 Å². The molecule has 0 bridgehead atoms. The van der Waals surface area contributed by atoms with Crippen LogP contribution < -0.4 is 0 Å². The predicted octanol–water partition coefficient (Wildman–Crippen LogP) is -0.0954. The van der Waals surface area contributed by atoms with E-state index in [4.69, 9.17) is 4.74 Å². The normalized spacial score (nSPS) is 25.9. The van der Waals surface area contributed by atoms with Gasteiger partial charge in [-0.05, 0) is 5.56 Å². The Bertz CT molecular complexity index is 677. The summed E-state index contributed by atoms with van der Waals surface area (Å²) in [5, 5.41) is 0. The minimum atomic E-state index is -3.50. The van der Waals surface area contributed by atoms with Gasteiger partial charge in [-0.3, -0.25) is 4.79 Å². The van der Waals surface area contributed by atoms with Crippen LogP contribution in [0.5, 0.6) is 0 Å². The van der Waals surface area contributed by atoms with Gasteiger partial charge in [-0.2, -0.15) is 17.0 Å². The summed E-state index contributed by atoms with van der Waals surface area (Å²) in [4.78, 5) is 14.0. The zero-order valence-electron chi connectivity index (χ0n) is 13.3. The van der Waals surface area contributed by atoms with Gasteiger partial charge in [0.1, 0.15) is 6.61 Å². The first-order chi connectivity index (χ1) is 10.9. The molecule has 7 nitrogen and oxygen atoms in total. The lowest BCUT2D eigenvalue weighted by molar-refractivity contribution is -0.153. The summed E-state index contributed by atoms with van der Waals surface area (Å²) in [5.74, 6) is -0.0980. The number of ether oxygens (including phenoxy) is 1. The minimum absolute atomic E-state index is 0.00382. The molecule has 2 saturated heterocycles. The Morgan fingerprint density at radius 1 is 1.22 bits per heavy atom. The van der Waals surface area contributed by atoms with Crippen molar-refractivity contribution in [3.63, 3.8) is 0 Å². The number of benzene rings is 1. The Morgan fingerprint density at radius 3 is 2.57 bits per heavy atom. The molecule has 0 N–H and O–H groups in total. The number of fused-ring (bicyclic) bond motifs is 1. The number of hydrogen-bond donors (Lipinski definition) is 0. The zero-order chi connectivity index (χ0) is 16.6. The summed E-state index contributed by atoms with van der Waals surface area (Å²) in [5.41, 5.74) is 1.02. The van der Waals surface area contributed by atoms with Crippen molar-refractivity contribution in [2.24, 2.45) is 0 Å². The van der Waals surface area contributed by atoms with E-state index in [2.05, 4.69) is 0 Å². The van der Waals surface area contributed by atoms with Crippen LogP contribution in [0.2, 0.25) is 0 Å². The Hall–Kier alpha value is -1.48. The van der Waals surface area contributed by atoms with Crippen LogP contribution in [0.4, 0.5) is 0 Å². The maximum absolute atomic E-state index is 12.3. The third kappa shape index (κ3) is 3.12. The Kier molecular flexibility index (Phi) is 4.41. The van der Waals surface area contributed by atoms with Crippen LogP contribution in [0.1, 0.15) is 5.56 Å². The zero-order valence-corrected chi connectivity index (χ0v) is 14.1. The van der Waals surface area contributed by atoms with Gasteiger partial charge in [0.05, 0.1) is 12.1 Å². The summed E-state index contributed by atoms with van der Waals surface area (Å²) in [6.45, 7) is 1.03. The number of carbonyl (C=O) groups is 1. The molecule has 0 aliphatic carbocycles. The van der Waals surface area contributed by atoms with E-state index in [-0.39, 0.29) is 37.7 Å². The fourth-order valence-corrected chi connectivity index (χ4v) is 4.18. The van der Waals surface area contributed by atoms with E-state index in [9.17, 15) is 13.2 Å². The molecule has 2 heterocycles. The van der Waals surface area contributed by atoms with Gasteiger partial charge in [0.2, 0.25) is 5.91 Å². The number of nitrogens with zero attached hydrogens (tertiary/aromatic N) is 3. The van der Waals surface area contributed by atoms with Crippen molar-refractivity contribution in [3.05, 3.63) is 35.9 Å². The number of amides is 1. The summed E-state index contributed by atoms with van der Waals surface area (Å²) >= 11 is 0. The van der Waals surface area contributed by atoms with Crippen LogP contribution in [-0.2, 0) is 26.3 Å². The molecule has 1 amide bonds. The lowest BCUT2D eigenvalue weighted by Crippen LogP contribution is -2.53. The molecule has 1 aromatic rings. The molecule has 2 aliphatic rings. The van der Waals surface area contributed by atoms with Crippen molar-refractivity contribution < 1.29 is 17.9 Å². The molecule has 23 heavy (non-hydrogen) atoms. The van der Waals surface area contributed by atoms with Crippen LogP contribution in [0, 0.1) is 0 Å². The maximum Gasteiger partial charge on any atom is 0.281 e. The third-order valence-corrected chi connectivity index (χ3v) is 6.20. The molecule has 0 saturated carbocycles. The SMILES string of the molecule is CN(C)S(=O)(=O)N1C[C@@H]2[C@@H](C1)OCC(=O)N2Cc1ccccc1. The highest BCUT2D eigenvalue weighted by Crippen LogP contribution is 2.27. The van der Waals surface area contributed by atoms with E-state index in [1.807, 2.05) is 30.3 Å². The molecule has 2 fully saturated rings. The number of hydrogen-bond acceptors (Lipinski definition) is 4. The fourth-order valence-electron chi connectivity index (χ4n) is 3.04. The quantitative estimate of drug-likeness (QED) is 0.768. The molecule has 126 valence electrons. The van der Waals surface area contributed by atoms with Gasteiger partial charge in [-0.15, -0.1) is 0 Å². The highest BCUT2D eigenvalue weighted by molar-refractivity contribution is 7.86. The average Bonchev–Trinajstić information content (AvgIpc) is 2.96. The lowest BCUT2D eigenvalue weighted by atomic mass is 10.1. The van der Waals surface area contributed by atoms with Gasteiger partial charge in [0.15, 0.2) is 0 Å². The number of rotatable bonds is 4. The molecule has 0 unspecified atom stereocenters. The Labute approximate surface area is 136 Å². The second-order valence-electron chi connectivity index (χ2n) is 6.03. The highest BCUT2D eigenvalue weighted by atomic mass is 32.2. The van der Waals surface area contributed by atoms with Crippen molar-refractivity contribution in [2.75, 3.05) is 33.8 Å². The molecule has 2 atom stereocenters. The summed E-state index contributed by atoms with van der Waals surface area (Å²) in [6, 6.07) is 9.45. The summed E-state index contributed by atoms with van der Waals surface area (Å²) in [7, 11) is -0.490. The van der Waals surface area contributed by atoms with Gasteiger partial charge in [-0.25, -0.2) is 0 Å². The topological polar surface area (TPSA) is 70.2 Å². The smallest absolute Gasteiger partial charge is 0.281 e. The minimum Gasteiger partial charge on any atom is -0.365 e. The summed E-state index contributed by atoms with van der Waals surface area (Å²) < 4.78 is 32.8. The molecule has 0 aromatic heterocycles.